The first-order valence-corrected chi connectivity index (χ1v) is 10.1. The van der Waals surface area contributed by atoms with E-state index in [1.165, 1.54) is 0 Å². The summed E-state index contributed by atoms with van der Waals surface area (Å²) in [6, 6.07) is 20.5. The van der Waals surface area contributed by atoms with E-state index in [2.05, 4.69) is 0 Å². The molecule has 3 aromatic rings. The molecular weight excluding hydrogens is 388 g/mol. The van der Waals surface area contributed by atoms with E-state index in [1.54, 1.807) is 13.2 Å². The van der Waals surface area contributed by atoms with Crippen molar-refractivity contribution in [1.82, 2.24) is 0 Å². The van der Waals surface area contributed by atoms with E-state index in [0.717, 1.165) is 22.3 Å². The molecule has 3 rings (SSSR count). The number of aryl methyl sites for hydroxylation is 3. The van der Waals surface area contributed by atoms with Crippen LogP contribution in [0.3, 0.4) is 0 Å². The molecule has 0 aliphatic rings. The van der Waals surface area contributed by atoms with Crippen LogP contribution in [0.1, 0.15) is 38.2 Å². The number of benzene rings is 3. The molecule has 158 valence electrons. The number of carbonyl (C=O) groups excluding carboxylic acids is 2. The highest BCUT2D eigenvalue weighted by atomic mass is 16.5. The number of ether oxygens (including phenoxy) is 2. The molecule has 0 atom stereocenters. The monoisotopic (exact) mass is 414 g/mol. The largest absolute Gasteiger partial charge is 0.497 e. The van der Waals surface area contributed by atoms with Crippen LogP contribution in [-0.2, 0) is 9.53 Å². The second-order valence-electron chi connectivity index (χ2n) is 7.45. The lowest BCUT2D eigenvalue weighted by Crippen LogP contribution is -2.16. The van der Waals surface area contributed by atoms with Crippen molar-refractivity contribution in [2.75, 3.05) is 13.7 Å². The predicted molar refractivity (Wildman–Crippen MR) is 123 cm³/mol. The highest BCUT2D eigenvalue weighted by Crippen LogP contribution is 2.23. The number of carbonyl (C=O) groups is 2. The Bertz CT molecular complexity index is 1130. The van der Waals surface area contributed by atoms with Crippen molar-refractivity contribution < 1.29 is 19.1 Å². The van der Waals surface area contributed by atoms with Gasteiger partial charge in [-0.1, -0.05) is 48.5 Å². The summed E-state index contributed by atoms with van der Waals surface area (Å²) >= 11 is 0. The van der Waals surface area contributed by atoms with Crippen molar-refractivity contribution >= 4 is 23.4 Å². The van der Waals surface area contributed by atoms with E-state index < -0.39 is 5.97 Å². The lowest BCUT2D eigenvalue weighted by molar-refractivity contribution is -0.135. The third-order valence-corrected chi connectivity index (χ3v) is 5.18. The number of hydrogen-bond acceptors (Lipinski definition) is 4. The van der Waals surface area contributed by atoms with Gasteiger partial charge in [-0.15, -0.1) is 0 Å². The van der Waals surface area contributed by atoms with Gasteiger partial charge in [-0.3, -0.25) is 4.79 Å². The highest BCUT2D eigenvalue weighted by molar-refractivity contribution is 6.22. The third kappa shape index (κ3) is 5.48. The molecule has 0 amide bonds. The van der Waals surface area contributed by atoms with Gasteiger partial charge in [0.25, 0.3) is 0 Å². The summed E-state index contributed by atoms with van der Waals surface area (Å²) in [4.78, 5) is 25.7. The molecule has 0 radical (unpaired) electrons. The Morgan fingerprint density at radius 2 is 1.55 bits per heavy atom. The molecule has 3 aromatic carbocycles. The summed E-state index contributed by atoms with van der Waals surface area (Å²) in [6.45, 7) is 5.54. The molecule has 0 spiro atoms. The van der Waals surface area contributed by atoms with Crippen molar-refractivity contribution in [1.29, 1.82) is 0 Å². The van der Waals surface area contributed by atoms with E-state index in [0.29, 0.717) is 22.4 Å². The predicted octanol–water partition coefficient (Wildman–Crippen LogP) is 5.59. The molecule has 0 aliphatic carbocycles. The van der Waals surface area contributed by atoms with Crippen LogP contribution in [0.4, 0.5) is 0 Å². The molecule has 0 aromatic heterocycles. The fourth-order valence-electron chi connectivity index (χ4n) is 3.32. The Morgan fingerprint density at radius 3 is 2.26 bits per heavy atom. The molecule has 4 heteroatoms. The van der Waals surface area contributed by atoms with Gasteiger partial charge in [-0.2, -0.15) is 0 Å². The standard InChI is InChI=1S/C27H26O4/c1-18-13-20(3)24(14-19(18)2)26(28)17-31-27(29)25(22-10-6-5-7-11-22)16-21-9-8-12-23(15-21)30-4/h5-16H,17H2,1-4H3/b25-16+. The van der Waals surface area contributed by atoms with Gasteiger partial charge in [0, 0.05) is 5.56 Å². The van der Waals surface area contributed by atoms with Crippen molar-refractivity contribution in [3.05, 3.63) is 100 Å². The van der Waals surface area contributed by atoms with Gasteiger partial charge in [0.15, 0.2) is 6.61 Å². The molecule has 0 aliphatic heterocycles. The normalized spacial score (nSPS) is 11.2. The summed E-state index contributed by atoms with van der Waals surface area (Å²) in [5.74, 6) is -0.0819. The van der Waals surface area contributed by atoms with Crippen LogP contribution in [0.15, 0.2) is 66.7 Å². The van der Waals surface area contributed by atoms with Gasteiger partial charge < -0.3 is 9.47 Å². The van der Waals surface area contributed by atoms with Crippen LogP contribution in [-0.4, -0.2) is 25.5 Å². The minimum atomic E-state index is -0.552. The molecule has 0 bridgehead atoms. The quantitative estimate of drug-likeness (QED) is 0.219. The molecule has 31 heavy (non-hydrogen) atoms. The molecular formula is C27H26O4. The Balaban J connectivity index is 1.85. The topological polar surface area (TPSA) is 52.6 Å². The van der Waals surface area contributed by atoms with Crippen molar-refractivity contribution in [3.8, 4) is 5.75 Å². The Labute approximate surface area is 183 Å². The summed E-state index contributed by atoms with van der Waals surface area (Å²) < 4.78 is 10.7. The molecule has 0 saturated carbocycles. The van der Waals surface area contributed by atoms with E-state index >= 15 is 0 Å². The number of methoxy groups -OCH3 is 1. The van der Waals surface area contributed by atoms with Crippen LogP contribution in [0.5, 0.6) is 5.75 Å². The number of hydrogen-bond donors (Lipinski definition) is 0. The van der Waals surface area contributed by atoms with Gasteiger partial charge in [0.05, 0.1) is 12.7 Å². The average Bonchev–Trinajstić information content (AvgIpc) is 2.78. The van der Waals surface area contributed by atoms with Gasteiger partial charge in [-0.05, 0) is 72.9 Å². The molecule has 0 unspecified atom stereocenters. The third-order valence-electron chi connectivity index (χ3n) is 5.18. The molecule has 4 nitrogen and oxygen atoms in total. The number of ketones is 1. The molecule has 0 fully saturated rings. The first-order chi connectivity index (χ1) is 14.9. The zero-order valence-corrected chi connectivity index (χ0v) is 18.3. The number of esters is 1. The van der Waals surface area contributed by atoms with Crippen LogP contribution < -0.4 is 4.74 Å². The van der Waals surface area contributed by atoms with E-state index in [-0.39, 0.29) is 12.4 Å². The Kier molecular flexibility index (Phi) is 7.03. The van der Waals surface area contributed by atoms with Gasteiger partial charge in [0.1, 0.15) is 5.75 Å². The zero-order chi connectivity index (χ0) is 22.4. The van der Waals surface area contributed by atoms with Crippen molar-refractivity contribution in [2.24, 2.45) is 0 Å². The fraction of sp³-hybridized carbons (Fsp3) is 0.185. The van der Waals surface area contributed by atoms with Crippen LogP contribution in [0.2, 0.25) is 0 Å². The van der Waals surface area contributed by atoms with Crippen LogP contribution in [0, 0.1) is 20.8 Å². The first-order valence-electron chi connectivity index (χ1n) is 10.1. The number of Topliss-reactive ketones (excluding diaryl/α,β-unsaturated/α-hetero) is 1. The van der Waals surface area contributed by atoms with Crippen molar-refractivity contribution in [3.63, 3.8) is 0 Å². The summed E-state index contributed by atoms with van der Waals surface area (Å²) in [5.41, 5.74) is 5.49. The van der Waals surface area contributed by atoms with Gasteiger partial charge in [-0.25, -0.2) is 4.79 Å². The van der Waals surface area contributed by atoms with E-state index in [9.17, 15) is 9.59 Å². The van der Waals surface area contributed by atoms with E-state index in [4.69, 9.17) is 9.47 Å². The minimum Gasteiger partial charge on any atom is -0.497 e. The lowest BCUT2D eigenvalue weighted by atomic mass is 9.98. The Hall–Kier alpha value is -3.66. The second kappa shape index (κ2) is 9.90. The summed E-state index contributed by atoms with van der Waals surface area (Å²) in [5, 5.41) is 0. The summed E-state index contributed by atoms with van der Waals surface area (Å²) in [6.07, 6.45) is 1.74. The van der Waals surface area contributed by atoms with E-state index in [1.807, 2.05) is 87.5 Å². The SMILES string of the molecule is COc1cccc(/C=C(/C(=O)OCC(=O)c2cc(C)c(C)cc2C)c2ccccc2)c1. The van der Waals surface area contributed by atoms with Crippen LogP contribution in [0.25, 0.3) is 11.6 Å². The van der Waals surface area contributed by atoms with Gasteiger partial charge in [0.2, 0.25) is 5.78 Å². The van der Waals surface area contributed by atoms with Gasteiger partial charge >= 0.3 is 5.97 Å². The smallest absolute Gasteiger partial charge is 0.339 e. The fourth-order valence-corrected chi connectivity index (χ4v) is 3.32. The average molecular weight is 415 g/mol. The maximum absolute atomic E-state index is 13.0. The summed E-state index contributed by atoms with van der Waals surface area (Å²) in [7, 11) is 1.59. The molecule has 0 saturated heterocycles. The highest BCUT2D eigenvalue weighted by Gasteiger charge is 2.18. The zero-order valence-electron chi connectivity index (χ0n) is 18.3. The Morgan fingerprint density at radius 1 is 0.839 bits per heavy atom. The number of rotatable bonds is 7. The minimum absolute atomic E-state index is 0.220. The van der Waals surface area contributed by atoms with Crippen LogP contribution >= 0.6 is 0 Å². The first kappa shape index (κ1) is 22.0. The molecule has 0 N–H and O–H groups in total. The maximum Gasteiger partial charge on any atom is 0.339 e. The maximum atomic E-state index is 13.0. The van der Waals surface area contributed by atoms with Crippen molar-refractivity contribution in [2.45, 2.75) is 20.8 Å². The lowest BCUT2D eigenvalue weighted by Gasteiger charge is -2.11. The second-order valence-corrected chi connectivity index (χ2v) is 7.45. The molecule has 0 heterocycles.